The molecule has 15 heteroatoms. The van der Waals surface area contributed by atoms with Gasteiger partial charge in [-0.25, -0.2) is 17.6 Å². The highest BCUT2D eigenvalue weighted by Gasteiger charge is 2.52. The van der Waals surface area contributed by atoms with Gasteiger partial charge in [0.2, 0.25) is 27.7 Å². The Morgan fingerprint density at radius 3 is 2.45 bits per heavy atom. The van der Waals surface area contributed by atoms with Crippen LogP contribution < -0.4 is 21.1 Å². The van der Waals surface area contributed by atoms with Crippen LogP contribution in [0.15, 0.2) is 54.6 Å². The summed E-state index contributed by atoms with van der Waals surface area (Å²) >= 11 is 0. The van der Waals surface area contributed by atoms with E-state index in [1.807, 2.05) is 12.1 Å². The zero-order chi connectivity index (χ0) is 38.8. The molecule has 0 aromatic heterocycles. The summed E-state index contributed by atoms with van der Waals surface area (Å²) in [5.41, 5.74) is 8.39. The van der Waals surface area contributed by atoms with Crippen LogP contribution in [0.5, 0.6) is 0 Å². The highest BCUT2D eigenvalue weighted by molar-refractivity contribution is 7.91. The van der Waals surface area contributed by atoms with Crippen molar-refractivity contribution in [2.24, 2.45) is 11.8 Å². The minimum absolute atomic E-state index is 0.0708. The summed E-state index contributed by atoms with van der Waals surface area (Å²) in [6.45, 7) is 5.12. The van der Waals surface area contributed by atoms with Crippen molar-refractivity contribution in [3.05, 3.63) is 71.6 Å². The van der Waals surface area contributed by atoms with Crippen molar-refractivity contribution in [3.63, 3.8) is 0 Å². The number of rotatable bonds is 12. The van der Waals surface area contributed by atoms with Gasteiger partial charge in [0.25, 0.3) is 0 Å². The first kappa shape index (κ1) is 41.1. The number of likely N-dealkylation sites (tertiary alicyclic amines) is 1. The number of carbonyl (C=O) groups excluding carboxylic acids is 3. The van der Waals surface area contributed by atoms with Crippen LogP contribution in [0.25, 0.3) is 0 Å². The number of fused-ring (bicyclic) bond motifs is 1. The van der Waals surface area contributed by atoms with Crippen molar-refractivity contribution in [1.29, 1.82) is 0 Å². The summed E-state index contributed by atoms with van der Waals surface area (Å²) < 4.78 is 38.6. The third-order valence-electron chi connectivity index (χ3n) is 10.0. The Morgan fingerprint density at radius 1 is 1.08 bits per heavy atom. The maximum atomic E-state index is 13.1. The molecule has 2 saturated carbocycles. The number of hydrogen-bond donors (Lipinski definition) is 5. The number of nitrogen functional groups attached to an aromatic ring is 1. The number of anilines is 2. The van der Waals surface area contributed by atoms with Crippen molar-refractivity contribution in [2.75, 3.05) is 31.2 Å². The number of likely N-dealkylation sites (N-methyl/N-ethyl adjacent to an activating group) is 1. The molecule has 53 heavy (non-hydrogen) atoms. The molecule has 0 radical (unpaired) electrons. The molecular formula is C38H53FN6O7S. The van der Waals surface area contributed by atoms with Crippen molar-refractivity contribution in [3.8, 4) is 0 Å². The minimum Gasteiger partial charge on any atom is -0.465 e. The Morgan fingerprint density at radius 2 is 1.81 bits per heavy atom. The molecule has 2 aromatic rings. The van der Waals surface area contributed by atoms with Gasteiger partial charge in [0, 0.05) is 43.0 Å². The standard InChI is InChI=1S/C15H25NO3S.C14H20N4O2.C9H8FNO2/c1-3-4-5-6-7-8-12-11-13(12)14(17)16-20(18,19)15(2)9-10-15;1-16-14(20)12-6-3-7-18(12)13(19)9-17-11-5-2-4-10(15)8-11;10-8-3-1-2-6-4-11(9(12)13)5-7(6)8/h7-8,12-13H,3-6,9-11H2,1-2H3,(H,16,17);2,4-5,8,12,17H,3,6-7,9,15H2,1H3,(H,16,20);1-3H,4-5H2,(H,12,13)/b8-7-;;/t12?,13-;;/m0../s1. The Labute approximate surface area is 311 Å². The fourth-order valence-corrected chi connectivity index (χ4v) is 7.54. The van der Waals surface area contributed by atoms with E-state index < -0.39 is 20.9 Å². The summed E-state index contributed by atoms with van der Waals surface area (Å²) in [5, 5.41) is 14.3. The van der Waals surface area contributed by atoms with Gasteiger partial charge in [0.1, 0.15) is 11.9 Å². The van der Waals surface area contributed by atoms with Crippen LogP contribution in [-0.2, 0) is 37.5 Å². The molecule has 2 aliphatic carbocycles. The van der Waals surface area contributed by atoms with E-state index in [2.05, 4.69) is 34.4 Å². The molecule has 290 valence electrons. The van der Waals surface area contributed by atoms with Gasteiger partial charge in [-0.15, -0.1) is 0 Å². The van der Waals surface area contributed by atoms with Gasteiger partial charge < -0.3 is 26.4 Å². The number of benzene rings is 2. The molecule has 2 heterocycles. The molecule has 4 aliphatic rings. The Bertz CT molecular complexity index is 1770. The number of carbonyl (C=O) groups is 4. The number of sulfonamides is 1. The summed E-state index contributed by atoms with van der Waals surface area (Å²) in [6.07, 6.45) is 11.6. The lowest BCUT2D eigenvalue weighted by molar-refractivity contribution is -0.136. The average Bonchev–Trinajstić information content (AvgIpc) is 3.95. The number of hydrogen-bond acceptors (Lipinski definition) is 8. The van der Waals surface area contributed by atoms with Gasteiger partial charge in [-0.05, 0) is 87.6 Å². The first-order valence-corrected chi connectivity index (χ1v) is 19.8. The number of nitrogens with one attached hydrogen (secondary N) is 3. The second kappa shape index (κ2) is 18.4. The third kappa shape index (κ3) is 11.4. The number of amides is 4. The first-order valence-electron chi connectivity index (χ1n) is 18.3. The fraction of sp³-hybridized carbons (Fsp3) is 0.526. The van der Waals surface area contributed by atoms with E-state index in [9.17, 15) is 32.0 Å². The molecule has 2 aliphatic heterocycles. The number of nitrogens with zero attached hydrogens (tertiary/aromatic N) is 2. The van der Waals surface area contributed by atoms with E-state index >= 15 is 0 Å². The molecule has 2 aromatic carbocycles. The van der Waals surface area contributed by atoms with Crippen LogP contribution in [0.1, 0.15) is 82.8 Å². The lowest BCUT2D eigenvalue weighted by Gasteiger charge is -2.23. The average molecular weight is 757 g/mol. The smallest absolute Gasteiger partial charge is 0.407 e. The normalized spacial score (nSPS) is 20.6. The predicted molar refractivity (Wildman–Crippen MR) is 201 cm³/mol. The number of halogens is 1. The van der Waals surface area contributed by atoms with Crippen LogP contribution in [0.2, 0.25) is 0 Å². The van der Waals surface area contributed by atoms with Crippen LogP contribution in [-0.4, -0.2) is 78.1 Å². The van der Waals surface area contributed by atoms with Crippen LogP contribution in [0.3, 0.4) is 0 Å². The maximum Gasteiger partial charge on any atom is 0.407 e. The maximum absolute atomic E-state index is 13.1. The first-order chi connectivity index (χ1) is 25.2. The number of nitrogens with two attached hydrogens (primary N) is 1. The van der Waals surface area contributed by atoms with E-state index in [1.54, 1.807) is 43.1 Å². The second-order valence-corrected chi connectivity index (χ2v) is 16.4. The highest BCUT2D eigenvalue weighted by atomic mass is 32.2. The van der Waals surface area contributed by atoms with E-state index in [-0.39, 0.29) is 54.5 Å². The summed E-state index contributed by atoms with van der Waals surface area (Å²) in [4.78, 5) is 49.2. The van der Waals surface area contributed by atoms with E-state index in [1.165, 1.54) is 30.2 Å². The quantitative estimate of drug-likeness (QED) is 0.113. The number of allylic oxidation sites excluding steroid dienone is 2. The molecule has 4 amide bonds. The minimum atomic E-state index is -3.47. The molecule has 0 bridgehead atoms. The predicted octanol–water partition coefficient (Wildman–Crippen LogP) is 4.99. The molecule has 3 fully saturated rings. The van der Waals surface area contributed by atoms with Gasteiger partial charge in [-0.3, -0.25) is 24.0 Å². The van der Waals surface area contributed by atoms with E-state index in [0.29, 0.717) is 37.2 Å². The Kier molecular flexibility index (Phi) is 14.3. The SMILES string of the molecule is CCCCC/C=C\C1C[C@@H]1C(=O)NS(=O)(=O)C1(C)CC1.CNC(=O)C1CCCN1C(=O)CNc1cccc(N)c1.O=C(O)N1Cc2cccc(F)c2C1. The largest absolute Gasteiger partial charge is 0.465 e. The number of carboxylic acid groups (broad SMARTS) is 1. The van der Waals surface area contributed by atoms with E-state index in [4.69, 9.17) is 10.8 Å². The van der Waals surface area contributed by atoms with Gasteiger partial charge in [0.05, 0.1) is 17.8 Å². The molecule has 2 unspecified atom stereocenters. The number of unbranched alkanes of at least 4 members (excludes halogenated alkanes) is 3. The topological polar surface area (TPSA) is 191 Å². The zero-order valence-electron chi connectivity index (χ0n) is 30.8. The van der Waals surface area contributed by atoms with Gasteiger partial charge in [-0.1, -0.05) is 50.1 Å². The van der Waals surface area contributed by atoms with E-state index in [0.717, 1.165) is 36.9 Å². The van der Waals surface area contributed by atoms with Crippen molar-refractivity contribution >= 4 is 45.2 Å². The van der Waals surface area contributed by atoms with Crippen molar-refractivity contribution in [2.45, 2.75) is 95.5 Å². The van der Waals surface area contributed by atoms with Crippen molar-refractivity contribution in [1.82, 2.24) is 19.8 Å². The highest BCUT2D eigenvalue weighted by Crippen LogP contribution is 2.44. The lowest BCUT2D eigenvalue weighted by Crippen LogP contribution is -2.46. The van der Waals surface area contributed by atoms with Crippen LogP contribution in [0.4, 0.5) is 20.6 Å². The molecule has 0 spiro atoms. The summed E-state index contributed by atoms with van der Waals surface area (Å²) in [5.74, 6) is -0.714. The molecule has 6 N–H and O–H groups in total. The zero-order valence-corrected chi connectivity index (χ0v) is 31.6. The molecule has 1 saturated heterocycles. The van der Waals surface area contributed by atoms with Gasteiger partial charge in [-0.2, -0.15) is 0 Å². The Balaban J connectivity index is 0.000000182. The second-order valence-electron chi connectivity index (χ2n) is 14.2. The molecule has 13 nitrogen and oxygen atoms in total. The van der Waals surface area contributed by atoms with Crippen molar-refractivity contribution < 1.29 is 37.1 Å². The Hall–Kier alpha value is -4.66. The summed E-state index contributed by atoms with van der Waals surface area (Å²) in [7, 11) is -1.88. The van der Waals surface area contributed by atoms with Gasteiger partial charge in [0.15, 0.2) is 0 Å². The molecular weight excluding hydrogens is 704 g/mol. The monoisotopic (exact) mass is 756 g/mol. The lowest BCUT2D eigenvalue weighted by atomic mass is 10.1. The van der Waals surface area contributed by atoms with Gasteiger partial charge >= 0.3 is 6.09 Å². The molecule has 6 rings (SSSR count). The van der Waals surface area contributed by atoms with Crippen LogP contribution >= 0.6 is 0 Å². The summed E-state index contributed by atoms with van der Waals surface area (Å²) in [6, 6.07) is 11.6. The third-order valence-corrected chi connectivity index (χ3v) is 12.2. The molecule has 3 atom stereocenters. The fourth-order valence-electron chi connectivity index (χ4n) is 6.24. The van der Waals surface area contributed by atoms with Crippen LogP contribution in [0, 0.1) is 17.7 Å².